The highest BCUT2D eigenvalue weighted by Crippen LogP contribution is 2.34. The van der Waals surface area contributed by atoms with Crippen molar-refractivity contribution < 1.29 is 9.21 Å². The Morgan fingerprint density at radius 2 is 2.17 bits per heavy atom. The molecule has 3 aromatic rings. The number of nitrogens with zero attached hydrogens (tertiary/aromatic N) is 2. The number of aromatic nitrogens is 3. The van der Waals surface area contributed by atoms with Crippen LogP contribution >= 0.6 is 23.2 Å². The molecular formula is C19H20Cl2N6O3. The molecule has 2 aromatic heterocycles. The van der Waals surface area contributed by atoms with Gasteiger partial charge >= 0.3 is 5.76 Å². The minimum atomic E-state index is -0.641. The first-order valence-corrected chi connectivity index (χ1v) is 10.1. The van der Waals surface area contributed by atoms with Gasteiger partial charge in [-0.15, -0.1) is 5.10 Å². The van der Waals surface area contributed by atoms with Crippen LogP contribution in [0, 0.1) is 6.92 Å². The summed E-state index contributed by atoms with van der Waals surface area (Å²) < 4.78 is 5.07. The fourth-order valence-electron chi connectivity index (χ4n) is 3.53. The van der Waals surface area contributed by atoms with E-state index in [9.17, 15) is 9.59 Å². The van der Waals surface area contributed by atoms with E-state index in [2.05, 4.69) is 25.4 Å². The summed E-state index contributed by atoms with van der Waals surface area (Å²) in [6.45, 7) is 3.14. The summed E-state index contributed by atoms with van der Waals surface area (Å²) >= 11 is 12.3. The van der Waals surface area contributed by atoms with Crippen LogP contribution in [0.2, 0.25) is 10.0 Å². The van der Waals surface area contributed by atoms with Gasteiger partial charge in [0.1, 0.15) is 5.69 Å². The van der Waals surface area contributed by atoms with Gasteiger partial charge in [-0.2, -0.15) is 0 Å². The van der Waals surface area contributed by atoms with Gasteiger partial charge in [-0.1, -0.05) is 23.2 Å². The molecule has 30 heavy (non-hydrogen) atoms. The number of piperidine rings is 1. The second kappa shape index (κ2) is 8.17. The molecule has 1 aliphatic heterocycles. The topological polar surface area (TPSA) is 133 Å². The van der Waals surface area contributed by atoms with E-state index in [0.717, 1.165) is 25.1 Å². The van der Waals surface area contributed by atoms with E-state index in [-0.39, 0.29) is 22.6 Å². The highest BCUT2D eigenvalue weighted by Gasteiger charge is 2.23. The SMILES string of the molecule is Cc1[nH]c(C(=O)Nc2ccc(-c3n[nH]c(=O)o3)cc2N2CCCC(N)C2)c(Cl)c1Cl. The lowest BCUT2D eigenvalue weighted by molar-refractivity contribution is 0.102. The van der Waals surface area contributed by atoms with Crippen molar-refractivity contribution in [3.05, 3.63) is 50.2 Å². The highest BCUT2D eigenvalue weighted by molar-refractivity contribution is 6.44. The number of benzene rings is 1. The third-order valence-electron chi connectivity index (χ3n) is 5.01. The van der Waals surface area contributed by atoms with Gasteiger partial charge in [0.2, 0.25) is 5.89 Å². The number of hydrogen-bond acceptors (Lipinski definition) is 6. The van der Waals surface area contributed by atoms with Gasteiger partial charge in [-0.05, 0) is 38.0 Å². The van der Waals surface area contributed by atoms with Crippen LogP contribution in [0.25, 0.3) is 11.5 Å². The summed E-state index contributed by atoms with van der Waals surface area (Å²) in [4.78, 5) is 29.2. The number of aryl methyl sites for hydroxylation is 1. The average Bonchev–Trinajstić information content (AvgIpc) is 3.27. The number of H-pyrrole nitrogens is 2. The molecule has 1 unspecified atom stereocenters. The molecule has 0 spiro atoms. The molecule has 0 saturated carbocycles. The van der Waals surface area contributed by atoms with Crippen LogP contribution in [0.5, 0.6) is 0 Å². The number of aromatic amines is 2. The number of anilines is 2. The van der Waals surface area contributed by atoms with E-state index in [1.807, 2.05) is 0 Å². The van der Waals surface area contributed by atoms with Crippen LogP contribution in [0.4, 0.5) is 11.4 Å². The van der Waals surface area contributed by atoms with Crippen LogP contribution in [-0.2, 0) is 0 Å². The third kappa shape index (κ3) is 3.96. The molecule has 1 saturated heterocycles. The predicted molar refractivity (Wildman–Crippen MR) is 115 cm³/mol. The number of halogens is 2. The van der Waals surface area contributed by atoms with Crippen molar-refractivity contribution >= 4 is 40.5 Å². The molecule has 1 amide bonds. The van der Waals surface area contributed by atoms with Crippen molar-refractivity contribution in [2.24, 2.45) is 5.73 Å². The fraction of sp³-hybridized carbons (Fsp3) is 0.316. The smallest absolute Gasteiger partial charge is 0.388 e. The molecule has 5 N–H and O–H groups in total. The summed E-state index contributed by atoms with van der Waals surface area (Å²) in [7, 11) is 0. The molecular weight excluding hydrogens is 431 g/mol. The predicted octanol–water partition coefficient (Wildman–Crippen LogP) is 3.15. The first-order chi connectivity index (χ1) is 14.3. The van der Waals surface area contributed by atoms with Crippen LogP contribution in [-0.4, -0.2) is 40.2 Å². The van der Waals surface area contributed by atoms with Gasteiger partial charge in [0.15, 0.2) is 0 Å². The van der Waals surface area contributed by atoms with Gasteiger partial charge in [0, 0.05) is 30.4 Å². The Balaban J connectivity index is 1.71. The first-order valence-electron chi connectivity index (χ1n) is 9.39. The normalized spacial score (nSPS) is 16.7. The number of rotatable bonds is 4. The van der Waals surface area contributed by atoms with Crippen LogP contribution in [0.1, 0.15) is 29.0 Å². The van der Waals surface area contributed by atoms with Gasteiger partial charge < -0.3 is 25.4 Å². The maximum Gasteiger partial charge on any atom is 0.434 e. The molecule has 9 nitrogen and oxygen atoms in total. The third-order valence-corrected chi connectivity index (χ3v) is 5.96. The summed E-state index contributed by atoms with van der Waals surface area (Å²) in [6, 6.07) is 5.26. The molecule has 158 valence electrons. The van der Waals surface area contributed by atoms with Gasteiger partial charge in [-0.25, -0.2) is 9.89 Å². The van der Waals surface area contributed by atoms with Crippen molar-refractivity contribution in [2.45, 2.75) is 25.8 Å². The number of nitrogens with two attached hydrogens (primary N) is 1. The van der Waals surface area contributed by atoms with E-state index in [4.69, 9.17) is 33.4 Å². The van der Waals surface area contributed by atoms with E-state index in [1.165, 1.54) is 0 Å². The lowest BCUT2D eigenvalue weighted by atomic mass is 10.0. The summed E-state index contributed by atoms with van der Waals surface area (Å²) in [5, 5.41) is 9.50. The number of nitrogens with one attached hydrogen (secondary N) is 3. The Labute approximate surface area is 181 Å². The Morgan fingerprint density at radius 3 is 2.80 bits per heavy atom. The number of carbonyl (C=O) groups is 1. The van der Waals surface area contributed by atoms with Crippen molar-refractivity contribution in [1.82, 2.24) is 15.2 Å². The molecule has 1 atom stereocenters. The van der Waals surface area contributed by atoms with Crippen molar-refractivity contribution in [1.29, 1.82) is 0 Å². The molecule has 3 heterocycles. The van der Waals surface area contributed by atoms with E-state index >= 15 is 0 Å². The highest BCUT2D eigenvalue weighted by atomic mass is 35.5. The Kier molecular flexibility index (Phi) is 5.59. The largest absolute Gasteiger partial charge is 0.434 e. The minimum Gasteiger partial charge on any atom is -0.388 e. The van der Waals surface area contributed by atoms with E-state index < -0.39 is 11.7 Å². The maximum absolute atomic E-state index is 12.9. The zero-order chi connectivity index (χ0) is 21.4. The fourth-order valence-corrected chi connectivity index (χ4v) is 3.94. The number of hydrogen-bond donors (Lipinski definition) is 4. The lowest BCUT2D eigenvalue weighted by Gasteiger charge is -2.34. The first kappa shape index (κ1) is 20.5. The standard InChI is InChI=1S/C19H20Cl2N6O3/c1-9-14(20)15(21)16(23-9)17(28)24-12-5-4-10(18-25-26-19(29)30-18)7-13(12)27-6-2-3-11(22)8-27/h4-5,7,11,23H,2-3,6,8,22H2,1H3,(H,24,28)(H,26,29). The maximum atomic E-state index is 12.9. The zero-order valence-electron chi connectivity index (χ0n) is 16.1. The van der Waals surface area contributed by atoms with E-state index in [0.29, 0.717) is 28.5 Å². The molecule has 0 aliphatic carbocycles. The van der Waals surface area contributed by atoms with Crippen LogP contribution < -0.4 is 21.7 Å². The monoisotopic (exact) mass is 450 g/mol. The minimum absolute atomic E-state index is 0.0218. The molecule has 11 heteroatoms. The second-order valence-electron chi connectivity index (χ2n) is 7.21. The molecule has 1 aliphatic rings. The van der Waals surface area contributed by atoms with Crippen molar-refractivity contribution in [3.8, 4) is 11.5 Å². The lowest BCUT2D eigenvalue weighted by Crippen LogP contribution is -2.43. The van der Waals surface area contributed by atoms with Gasteiger partial charge in [-0.3, -0.25) is 4.79 Å². The molecule has 4 rings (SSSR count). The molecule has 1 fully saturated rings. The Morgan fingerprint density at radius 1 is 1.37 bits per heavy atom. The summed E-state index contributed by atoms with van der Waals surface area (Å²) in [5.74, 6) is -0.899. The Bertz CT molecular complexity index is 1150. The molecule has 0 bridgehead atoms. The molecule has 1 aromatic carbocycles. The van der Waals surface area contributed by atoms with Gasteiger partial charge in [0.25, 0.3) is 5.91 Å². The van der Waals surface area contributed by atoms with Crippen LogP contribution in [0.15, 0.2) is 27.4 Å². The van der Waals surface area contributed by atoms with Gasteiger partial charge in [0.05, 0.1) is 21.4 Å². The summed E-state index contributed by atoms with van der Waals surface area (Å²) in [5.41, 5.74) is 8.85. The average molecular weight is 451 g/mol. The second-order valence-corrected chi connectivity index (χ2v) is 7.96. The number of amides is 1. The zero-order valence-corrected chi connectivity index (χ0v) is 17.6. The summed E-state index contributed by atoms with van der Waals surface area (Å²) in [6.07, 6.45) is 1.86. The molecule has 0 radical (unpaired) electrons. The van der Waals surface area contributed by atoms with Crippen molar-refractivity contribution in [2.75, 3.05) is 23.3 Å². The van der Waals surface area contributed by atoms with Crippen molar-refractivity contribution in [3.63, 3.8) is 0 Å². The van der Waals surface area contributed by atoms with Crippen LogP contribution in [0.3, 0.4) is 0 Å². The quantitative estimate of drug-likeness (QED) is 0.482. The number of carbonyl (C=O) groups excluding carboxylic acids is 1. The van der Waals surface area contributed by atoms with E-state index in [1.54, 1.807) is 25.1 Å². The Hall–Kier alpha value is -2.75.